The van der Waals surface area contributed by atoms with Crippen LogP contribution in [0.3, 0.4) is 0 Å². The van der Waals surface area contributed by atoms with E-state index in [9.17, 15) is 4.79 Å². The molecule has 0 radical (unpaired) electrons. The number of nitrogens with one attached hydrogen (secondary N) is 2. The normalized spacial score (nSPS) is 27.4. The van der Waals surface area contributed by atoms with Crippen LogP contribution in [0, 0.1) is 0 Å². The molecule has 13 heavy (non-hydrogen) atoms. The summed E-state index contributed by atoms with van der Waals surface area (Å²) < 4.78 is 0. The van der Waals surface area contributed by atoms with Gasteiger partial charge < -0.3 is 11.2 Å². The molecule has 4 heteroatoms. The van der Waals surface area contributed by atoms with Crippen molar-refractivity contribution in [2.75, 3.05) is 5.43 Å². The minimum atomic E-state index is -0.633. The van der Waals surface area contributed by atoms with E-state index in [1.165, 1.54) is 5.56 Å². The highest BCUT2D eigenvalue weighted by Gasteiger charge is 2.52. The van der Waals surface area contributed by atoms with E-state index in [2.05, 4.69) is 10.9 Å². The lowest BCUT2D eigenvalue weighted by molar-refractivity contribution is -0.125. The predicted octanol–water partition coefficient (Wildman–Crippen LogP) is -0.147. The Bertz CT molecular complexity index is 415. The highest BCUT2D eigenvalue weighted by Crippen LogP contribution is 2.46. The molecule has 0 bridgehead atoms. The molecule has 1 aromatic carbocycles. The number of benzene rings is 1. The maximum absolute atomic E-state index is 11.3. The fourth-order valence-corrected chi connectivity index (χ4v) is 2.18. The van der Waals surface area contributed by atoms with E-state index in [4.69, 9.17) is 5.73 Å². The fourth-order valence-electron chi connectivity index (χ4n) is 2.18. The van der Waals surface area contributed by atoms with Crippen molar-refractivity contribution in [3.8, 4) is 0 Å². The summed E-state index contributed by atoms with van der Waals surface area (Å²) in [6.07, 6.45) is 0.693. The summed E-state index contributed by atoms with van der Waals surface area (Å²) in [6, 6.07) is 5.93. The Morgan fingerprint density at radius 2 is 2.38 bits per heavy atom. The second-order valence-electron chi connectivity index (χ2n) is 3.54. The summed E-state index contributed by atoms with van der Waals surface area (Å²) in [5.74, 6) is -0.308. The van der Waals surface area contributed by atoms with Crippen molar-refractivity contribution >= 4 is 11.6 Å². The Balaban J connectivity index is 2.25. The van der Waals surface area contributed by atoms with E-state index in [0.717, 1.165) is 11.3 Å². The lowest BCUT2D eigenvalue weighted by Gasteiger charge is -2.36. The van der Waals surface area contributed by atoms with Crippen molar-refractivity contribution in [2.45, 2.75) is 12.0 Å². The molecule has 0 fully saturated rings. The van der Waals surface area contributed by atoms with Crippen LogP contribution in [0.2, 0.25) is 0 Å². The fraction of sp³-hybridized carbons (Fsp3) is 0.222. The number of hydrogen-bond donors (Lipinski definition) is 3. The molecule has 0 saturated carbocycles. The first-order valence-corrected chi connectivity index (χ1v) is 4.19. The third-order valence-corrected chi connectivity index (χ3v) is 2.86. The molecule has 1 aliphatic carbocycles. The molecule has 1 heterocycles. The number of amides is 1. The predicted molar refractivity (Wildman–Crippen MR) is 47.8 cm³/mol. The SMILES string of the molecule is NC(=O)C12Cc3cccc(c31)NN2. The number of anilines is 1. The molecule has 3 rings (SSSR count). The summed E-state index contributed by atoms with van der Waals surface area (Å²) in [5.41, 5.74) is 13.8. The van der Waals surface area contributed by atoms with Crippen molar-refractivity contribution < 1.29 is 4.79 Å². The molecule has 1 amide bonds. The summed E-state index contributed by atoms with van der Waals surface area (Å²) >= 11 is 0. The van der Waals surface area contributed by atoms with Gasteiger partial charge in [-0.1, -0.05) is 12.1 Å². The molecule has 4 nitrogen and oxygen atoms in total. The average molecular weight is 175 g/mol. The minimum absolute atomic E-state index is 0.308. The van der Waals surface area contributed by atoms with Crippen LogP contribution in [-0.4, -0.2) is 5.91 Å². The van der Waals surface area contributed by atoms with Crippen LogP contribution in [0.25, 0.3) is 0 Å². The number of nitrogens with two attached hydrogens (primary N) is 1. The van der Waals surface area contributed by atoms with Crippen LogP contribution in [0.5, 0.6) is 0 Å². The van der Waals surface area contributed by atoms with Gasteiger partial charge in [-0.05, 0) is 11.6 Å². The van der Waals surface area contributed by atoms with Crippen LogP contribution < -0.4 is 16.6 Å². The third kappa shape index (κ3) is 0.594. The zero-order valence-electron chi connectivity index (χ0n) is 6.92. The van der Waals surface area contributed by atoms with Gasteiger partial charge in [-0.3, -0.25) is 4.79 Å². The smallest absolute Gasteiger partial charge is 0.244 e. The molecule has 66 valence electrons. The van der Waals surface area contributed by atoms with E-state index in [0.29, 0.717) is 6.42 Å². The molecule has 0 spiro atoms. The Kier molecular flexibility index (Phi) is 0.984. The highest BCUT2D eigenvalue weighted by atomic mass is 16.1. The zero-order valence-corrected chi connectivity index (χ0v) is 6.92. The Morgan fingerprint density at radius 3 is 3.15 bits per heavy atom. The van der Waals surface area contributed by atoms with Gasteiger partial charge in [-0.15, -0.1) is 0 Å². The lowest BCUT2D eigenvalue weighted by atomic mass is 9.71. The number of hydrazine groups is 1. The van der Waals surface area contributed by atoms with Gasteiger partial charge in [0.05, 0.1) is 5.69 Å². The quantitative estimate of drug-likeness (QED) is 0.556. The summed E-state index contributed by atoms with van der Waals surface area (Å²) in [4.78, 5) is 11.3. The van der Waals surface area contributed by atoms with E-state index in [-0.39, 0.29) is 5.91 Å². The minimum Gasteiger partial charge on any atom is -0.368 e. The summed E-state index contributed by atoms with van der Waals surface area (Å²) in [6.45, 7) is 0. The maximum Gasteiger partial charge on any atom is 0.244 e. The van der Waals surface area contributed by atoms with Gasteiger partial charge in [0, 0.05) is 12.0 Å². The zero-order chi connectivity index (χ0) is 9.05. The monoisotopic (exact) mass is 175 g/mol. The van der Waals surface area contributed by atoms with Crippen molar-refractivity contribution in [1.82, 2.24) is 5.43 Å². The lowest BCUT2D eigenvalue weighted by Crippen LogP contribution is -2.57. The van der Waals surface area contributed by atoms with Crippen LogP contribution in [0.4, 0.5) is 5.69 Å². The molecule has 1 atom stereocenters. The Hall–Kier alpha value is -1.55. The van der Waals surface area contributed by atoms with E-state index in [1.54, 1.807) is 0 Å². The Morgan fingerprint density at radius 1 is 1.54 bits per heavy atom. The topological polar surface area (TPSA) is 67.2 Å². The standard InChI is InChI=1S/C9H9N3O/c10-8(13)9-4-5-2-1-3-6(7(5)9)11-12-9/h1-3,11-12H,4H2,(H2,10,13). The molecule has 1 aliphatic heterocycles. The van der Waals surface area contributed by atoms with Gasteiger partial charge in [0.2, 0.25) is 5.91 Å². The highest BCUT2D eigenvalue weighted by molar-refractivity contribution is 5.94. The van der Waals surface area contributed by atoms with Crippen molar-refractivity contribution in [1.29, 1.82) is 0 Å². The number of rotatable bonds is 1. The first kappa shape index (κ1) is 6.91. The van der Waals surface area contributed by atoms with Gasteiger partial charge >= 0.3 is 0 Å². The molecule has 0 aromatic heterocycles. The van der Waals surface area contributed by atoms with Crippen molar-refractivity contribution in [3.63, 3.8) is 0 Å². The molecule has 4 N–H and O–H groups in total. The largest absolute Gasteiger partial charge is 0.368 e. The Labute approximate surface area is 75.1 Å². The van der Waals surface area contributed by atoms with Crippen molar-refractivity contribution in [3.05, 3.63) is 29.3 Å². The second-order valence-corrected chi connectivity index (χ2v) is 3.54. The number of primary amides is 1. The molecular formula is C9H9N3O. The van der Waals surface area contributed by atoms with Crippen LogP contribution >= 0.6 is 0 Å². The average Bonchev–Trinajstić information content (AvgIpc) is 2.39. The van der Waals surface area contributed by atoms with Gasteiger partial charge in [-0.25, -0.2) is 5.43 Å². The molecule has 2 aliphatic rings. The van der Waals surface area contributed by atoms with Gasteiger partial charge in [0.15, 0.2) is 0 Å². The maximum atomic E-state index is 11.3. The van der Waals surface area contributed by atoms with E-state index >= 15 is 0 Å². The van der Waals surface area contributed by atoms with Crippen LogP contribution in [0.1, 0.15) is 11.1 Å². The summed E-state index contributed by atoms with van der Waals surface area (Å²) in [7, 11) is 0. The second kappa shape index (κ2) is 1.85. The van der Waals surface area contributed by atoms with E-state index in [1.807, 2.05) is 18.2 Å². The number of hydrogen-bond acceptors (Lipinski definition) is 3. The van der Waals surface area contributed by atoms with Crippen LogP contribution in [0.15, 0.2) is 18.2 Å². The van der Waals surface area contributed by atoms with Gasteiger partial charge in [-0.2, -0.15) is 0 Å². The molecular weight excluding hydrogens is 166 g/mol. The third-order valence-electron chi connectivity index (χ3n) is 2.86. The van der Waals surface area contributed by atoms with Crippen LogP contribution in [-0.2, 0) is 16.8 Å². The first-order valence-electron chi connectivity index (χ1n) is 4.19. The van der Waals surface area contributed by atoms with Crippen molar-refractivity contribution in [2.24, 2.45) is 5.73 Å². The summed E-state index contributed by atoms with van der Waals surface area (Å²) in [5, 5.41) is 0. The van der Waals surface area contributed by atoms with E-state index < -0.39 is 5.54 Å². The first-order chi connectivity index (χ1) is 6.24. The molecule has 1 aromatic rings. The number of carbonyl (C=O) groups is 1. The molecule has 1 unspecified atom stereocenters. The van der Waals surface area contributed by atoms with Gasteiger partial charge in [0.25, 0.3) is 0 Å². The number of carbonyl (C=O) groups excluding carboxylic acids is 1. The van der Waals surface area contributed by atoms with Gasteiger partial charge in [0.1, 0.15) is 5.54 Å². The molecule has 0 saturated heterocycles.